The SMILES string of the molecule is CC(C)(C)OC(=O)N1CCc2c(cccc2NC2CCC2)C1. The summed E-state index contributed by atoms with van der Waals surface area (Å²) in [5, 5.41) is 3.65. The van der Waals surface area contributed by atoms with Crippen LogP contribution in [0, 0.1) is 0 Å². The van der Waals surface area contributed by atoms with Crippen molar-refractivity contribution in [1.82, 2.24) is 4.90 Å². The summed E-state index contributed by atoms with van der Waals surface area (Å²) in [4.78, 5) is 14.0. The van der Waals surface area contributed by atoms with E-state index in [0.29, 0.717) is 12.6 Å². The fraction of sp³-hybridized carbons (Fsp3) is 0.611. The van der Waals surface area contributed by atoms with Crippen LogP contribution in [0.4, 0.5) is 10.5 Å². The number of fused-ring (bicyclic) bond motifs is 1. The van der Waals surface area contributed by atoms with Gasteiger partial charge in [0.15, 0.2) is 0 Å². The highest BCUT2D eigenvalue weighted by atomic mass is 16.6. The summed E-state index contributed by atoms with van der Waals surface area (Å²) in [6, 6.07) is 7.01. The zero-order valence-corrected chi connectivity index (χ0v) is 13.8. The monoisotopic (exact) mass is 302 g/mol. The fourth-order valence-electron chi connectivity index (χ4n) is 3.00. The molecule has 120 valence electrons. The van der Waals surface area contributed by atoms with Gasteiger partial charge in [0.2, 0.25) is 0 Å². The van der Waals surface area contributed by atoms with Crippen molar-refractivity contribution in [3.8, 4) is 0 Å². The minimum absolute atomic E-state index is 0.212. The number of carbonyl (C=O) groups is 1. The van der Waals surface area contributed by atoms with E-state index in [-0.39, 0.29) is 6.09 Å². The van der Waals surface area contributed by atoms with E-state index in [1.165, 1.54) is 36.1 Å². The van der Waals surface area contributed by atoms with Crippen LogP contribution in [-0.4, -0.2) is 29.2 Å². The van der Waals surface area contributed by atoms with E-state index in [9.17, 15) is 4.79 Å². The molecule has 1 fully saturated rings. The van der Waals surface area contributed by atoms with Crippen molar-refractivity contribution in [2.24, 2.45) is 0 Å². The first-order valence-electron chi connectivity index (χ1n) is 8.27. The van der Waals surface area contributed by atoms with Gasteiger partial charge in [0, 0.05) is 24.8 Å². The van der Waals surface area contributed by atoms with Gasteiger partial charge >= 0.3 is 6.09 Å². The van der Waals surface area contributed by atoms with E-state index >= 15 is 0 Å². The molecule has 1 heterocycles. The first-order valence-corrected chi connectivity index (χ1v) is 8.27. The van der Waals surface area contributed by atoms with Gasteiger partial charge in [0.25, 0.3) is 0 Å². The highest BCUT2D eigenvalue weighted by Crippen LogP contribution is 2.30. The fourth-order valence-corrected chi connectivity index (χ4v) is 3.00. The van der Waals surface area contributed by atoms with E-state index in [0.717, 1.165) is 13.0 Å². The van der Waals surface area contributed by atoms with Gasteiger partial charge in [-0.05, 0) is 63.6 Å². The first-order chi connectivity index (χ1) is 10.4. The van der Waals surface area contributed by atoms with Crippen molar-refractivity contribution < 1.29 is 9.53 Å². The molecule has 22 heavy (non-hydrogen) atoms. The molecule has 1 aliphatic heterocycles. The quantitative estimate of drug-likeness (QED) is 0.899. The van der Waals surface area contributed by atoms with Crippen molar-refractivity contribution in [3.63, 3.8) is 0 Å². The summed E-state index contributed by atoms with van der Waals surface area (Å²) in [7, 11) is 0. The summed E-state index contributed by atoms with van der Waals surface area (Å²) in [6.45, 7) is 7.09. The van der Waals surface area contributed by atoms with Gasteiger partial charge in [0.1, 0.15) is 5.60 Å². The van der Waals surface area contributed by atoms with Gasteiger partial charge in [0.05, 0.1) is 0 Å². The Hall–Kier alpha value is -1.71. The number of nitrogens with zero attached hydrogens (tertiary/aromatic N) is 1. The third-order valence-corrected chi connectivity index (χ3v) is 4.38. The third-order valence-electron chi connectivity index (χ3n) is 4.38. The Kier molecular flexibility index (Phi) is 4.02. The molecule has 0 spiro atoms. The Labute approximate surface area is 132 Å². The van der Waals surface area contributed by atoms with Crippen molar-refractivity contribution in [1.29, 1.82) is 0 Å². The molecule has 1 saturated carbocycles. The minimum atomic E-state index is -0.439. The van der Waals surface area contributed by atoms with Crippen LogP contribution in [0.2, 0.25) is 0 Å². The highest BCUT2D eigenvalue weighted by molar-refractivity contribution is 5.69. The normalized spacial score (nSPS) is 18.4. The number of carbonyl (C=O) groups excluding carboxylic acids is 1. The Balaban J connectivity index is 1.70. The molecule has 1 amide bonds. The van der Waals surface area contributed by atoms with Crippen molar-refractivity contribution in [2.45, 2.75) is 64.6 Å². The molecule has 0 radical (unpaired) electrons. The lowest BCUT2D eigenvalue weighted by atomic mass is 9.91. The average Bonchev–Trinajstić information content (AvgIpc) is 2.40. The maximum absolute atomic E-state index is 12.2. The Morgan fingerprint density at radius 2 is 2.09 bits per heavy atom. The van der Waals surface area contributed by atoms with Crippen molar-refractivity contribution >= 4 is 11.8 Å². The minimum Gasteiger partial charge on any atom is -0.444 e. The number of amides is 1. The average molecular weight is 302 g/mol. The van der Waals surface area contributed by atoms with Crippen LogP contribution in [0.15, 0.2) is 18.2 Å². The number of ether oxygens (including phenoxy) is 1. The van der Waals surface area contributed by atoms with Gasteiger partial charge in [-0.25, -0.2) is 4.79 Å². The Bertz CT molecular complexity index is 559. The summed E-state index contributed by atoms with van der Waals surface area (Å²) in [6.07, 6.45) is 4.56. The smallest absolute Gasteiger partial charge is 0.410 e. The number of benzene rings is 1. The summed E-state index contributed by atoms with van der Waals surface area (Å²) in [5.74, 6) is 0. The molecule has 2 aliphatic rings. The summed E-state index contributed by atoms with van der Waals surface area (Å²) >= 11 is 0. The topological polar surface area (TPSA) is 41.6 Å². The van der Waals surface area contributed by atoms with Gasteiger partial charge in [-0.2, -0.15) is 0 Å². The molecule has 1 N–H and O–H groups in total. The summed E-state index contributed by atoms with van der Waals surface area (Å²) < 4.78 is 5.48. The van der Waals surface area contributed by atoms with E-state index in [1.807, 2.05) is 20.8 Å². The van der Waals surface area contributed by atoms with Gasteiger partial charge in [-0.3, -0.25) is 0 Å². The predicted molar refractivity (Wildman–Crippen MR) is 88.1 cm³/mol. The molecule has 3 rings (SSSR count). The van der Waals surface area contributed by atoms with Crippen LogP contribution < -0.4 is 5.32 Å². The Morgan fingerprint density at radius 3 is 2.73 bits per heavy atom. The number of rotatable bonds is 2. The van der Waals surface area contributed by atoms with Crippen LogP contribution in [0.3, 0.4) is 0 Å². The van der Waals surface area contributed by atoms with E-state index < -0.39 is 5.60 Å². The molecule has 0 bridgehead atoms. The molecule has 1 aromatic rings. The lowest BCUT2D eigenvalue weighted by molar-refractivity contribution is 0.0224. The van der Waals surface area contributed by atoms with Crippen molar-refractivity contribution in [3.05, 3.63) is 29.3 Å². The Morgan fingerprint density at radius 1 is 1.32 bits per heavy atom. The van der Waals surface area contributed by atoms with Crippen molar-refractivity contribution in [2.75, 3.05) is 11.9 Å². The highest BCUT2D eigenvalue weighted by Gasteiger charge is 2.27. The lowest BCUT2D eigenvalue weighted by Gasteiger charge is -2.34. The molecule has 0 aromatic heterocycles. The molecule has 1 aromatic carbocycles. The maximum atomic E-state index is 12.2. The van der Waals surface area contributed by atoms with Gasteiger partial charge in [-0.15, -0.1) is 0 Å². The van der Waals surface area contributed by atoms with E-state index in [2.05, 4.69) is 23.5 Å². The van der Waals surface area contributed by atoms with Crippen LogP contribution in [-0.2, 0) is 17.7 Å². The zero-order valence-electron chi connectivity index (χ0n) is 13.8. The molecule has 0 unspecified atom stereocenters. The number of hydrogen-bond donors (Lipinski definition) is 1. The molecule has 4 nitrogen and oxygen atoms in total. The van der Waals surface area contributed by atoms with Crippen LogP contribution in [0.1, 0.15) is 51.2 Å². The van der Waals surface area contributed by atoms with Gasteiger partial charge < -0.3 is 15.0 Å². The molecule has 4 heteroatoms. The maximum Gasteiger partial charge on any atom is 0.410 e. The first kappa shape index (κ1) is 15.2. The lowest BCUT2D eigenvalue weighted by Crippen LogP contribution is -2.40. The second-order valence-electron chi connectivity index (χ2n) is 7.37. The second kappa shape index (κ2) is 5.82. The predicted octanol–water partition coefficient (Wildman–Crippen LogP) is 3.94. The molecular weight excluding hydrogens is 276 g/mol. The largest absolute Gasteiger partial charge is 0.444 e. The third kappa shape index (κ3) is 3.37. The molecule has 0 saturated heterocycles. The molecule has 0 atom stereocenters. The zero-order chi connectivity index (χ0) is 15.7. The van der Waals surface area contributed by atoms with E-state index in [1.54, 1.807) is 4.90 Å². The van der Waals surface area contributed by atoms with Crippen LogP contribution >= 0.6 is 0 Å². The second-order valence-corrected chi connectivity index (χ2v) is 7.37. The number of nitrogens with one attached hydrogen (secondary N) is 1. The molecule has 1 aliphatic carbocycles. The standard InChI is InChI=1S/C18H26N2O2/c1-18(2,3)22-17(21)20-11-10-15-13(12-20)6-4-9-16(15)19-14-7-5-8-14/h4,6,9,14,19H,5,7-8,10-12H2,1-3H3. The van der Waals surface area contributed by atoms with Crippen LogP contribution in [0.25, 0.3) is 0 Å². The van der Waals surface area contributed by atoms with Crippen LogP contribution in [0.5, 0.6) is 0 Å². The van der Waals surface area contributed by atoms with Gasteiger partial charge in [-0.1, -0.05) is 12.1 Å². The number of hydrogen-bond acceptors (Lipinski definition) is 3. The van der Waals surface area contributed by atoms with E-state index in [4.69, 9.17) is 4.74 Å². The number of anilines is 1. The molecular formula is C18H26N2O2. The summed E-state index contributed by atoms with van der Waals surface area (Å²) in [5.41, 5.74) is 3.42.